The van der Waals surface area contributed by atoms with Crippen molar-refractivity contribution in [3.8, 4) is 0 Å². The zero-order valence-corrected chi connectivity index (χ0v) is 20.2. The van der Waals surface area contributed by atoms with Crippen LogP contribution in [0.15, 0.2) is 46.4 Å². The standard InChI is InChI=1S/C27H29F2N5O2/c1-32-12-19(16-6-9-33(10-7-16)14-23(36)34-8-2-3-18(34)15-35)27-20(13-32)25-24-17(11-21(28)26(25)29)4-5-22(24)30-31-27/h4-6,11,13,18,31,35H,2-3,7-10,12,14-15H2,1H3/t18-/m0/s1. The Morgan fingerprint density at radius 3 is 2.89 bits per heavy atom. The van der Waals surface area contributed by atoms with Crippen LogP contribution in [-0.4, -0.2) is 83.8 Å². The zero-order chi connectivity index (χ0) is 25.0. The first-order valence-corrected chi connectivity index (χ1v) is 12.5. The lowest BCUT2D eigenvalue weighted by Gasteiger charge is -2.33. The third-order valence-electron chi connectivity index (χ3n) is 7.76. The summed E-state index contributed by atoms with van der Waals surface area (Å²) in [6.07, 6.45) is 10.0. The van der Waals surface area contributed by atoms with E-state index in [0.29, 0.717) is 54.3 Å². The molecule has 1 fully saturated rings. The summed E-state index contributed by atoms with van der Waals surface area (Å²) in [5.74, 6) is -1.67. The Hall–Kier alpha value is -3.30. The molecule has 0 aromatic heterocycles. The summed E-state index contributed by atoms with van der Waals surface area (Å²) < 4.78 is 29.8. The number of hydrogen-bond donors (Lipinski definition) is 2. The van der Waals surface area contributed by atoms with Gasteiger partial charge in [-0.3, -0.25) is 15.1 Å². The SMILES string of the molecule is CN1C=C2C(=C(C3=CCN(CC(=O)N4CCC[C@H]4CO)CC3)C1)NN=C1C=Cc3cc(F)c(F)c2c31. The van der Waals surface area contributed by atoms with Crippen molar-refractivity contribution >= 4 is 23.3 Å². The van der Waals surface area contributed by atoms with Crippen molar-refractivity contribution < 1.29 is 18.7 Å². The molecule has 4 aliphatic heterocycles. The second kappa shape index (κ2) is 8.97. The van der Waals surface area contributed by atoms with Crippen LogP contribution in [0.5, 0.6) is 0 Å². The van der Waals surface area contributed by atoms with Crippen LogP contribution >= 0.6 is 0 Å². The number of aliphatic hydroxyl groups excluding tert-OH is 1. The van der Waals surface area contributed by atoms with Crippen molar-refractivity contribution in [1.82, 2.24) is 20.1 Å². The number of carbonyl (C=O) groups is 1. The fraction of sp³-hybridized carbons (Fsp3) is 0.407. The minimum absolute atomic E-state index is 0.0121. The molecule has 7 nitrogen and oxygen atoms in total. The molecule has 1 saturated heterocycles. The van der Waals surface area contributed by atoms with Crippen LogP contribution in [0.1, 0.15) is 36.0 Å². The van der Waals surface area contributed by atoms with Crippen LogP contribution in [0, 0.1) is 11.6 Å². The molecule has 2 N–H and O–H groups in total. The van der Waals surface area contributed by atoms with Gasteiger partial charge >= 0.3 is 0 Å². The number of likely N-dealkylation sites (N-methyl/N-ethyl adjacent to an activating group) is 1. The third-order valence-corrected chi connectivity index (χ3v) is 7.76. The summed E-state index contributed by atoms with van der Waals surface area (Å²) in [7, 11) is 1.92. The maximum Gasteiger partial charge on any atom is 0.237 e. The lowest BCUT2D eigenvalue weighted by molar-refractivity contribution is -0.133. The number of halogens is 2. The third kappa shape index (κ3) is 3.77. The zero-order valence-electron chi connectivity index (χ0n) is 20.2. The van der Waals surface area contributed by atoms with Crippen molar-refractivity contribution in [1.29, 1.82) is 0 Å². The Bertz CT molecular complexity index is 1300. The predicted octanol–water partition coefficient (Wildman–Crippen LogP) is 2.45. The molecule has 0 spiro atoms. The van der Waals surface area contributed by atoms with E-state index >= 15 is 4.39 Å². The summed E-state index contributed by atoms with van der Waals surface area (Å²) in [6.45, 7) is 3.01. The summed E-state index contributed by atoms with van der Waals surface area (Å²) in [4.78, 5) is 18.7. The highest BCUT2D eigenvalue weighted by Gasteiger charge is 2.34. The number of benzene rings is 1. The molecule has 1 amide bonds. The summed E-state index contributed by atoms with van der Waals surface area (Å²) in [5.41, 5.74) is 8.66. The van der Waals surface area contributed by atoms with Gasteiger partial charge in [0.2, 0.25) is 5.91 Å². The number of likely N-dealkylation sites (tertiary alicyclic amines) is 1. The van der Waals surface area contributed by atoms with E-state index in [4.69, 9.17) is 0 Å². The van der Waals surface area contributed by atoms with E-state index in [9.17, 15) is 14.3 Å². The highest BCUT2D eigenvalue weighted by molar-refractivity contribution is 6.20. The smallest absolute Gasteiger partial charge is 0.237 e. The van der Waals surface area contributed by atoms with Crippen molar-refractivity contribution in [3.05, 3.63) is 69.6 Å². The van der Waals surface area contributed by atoms with E-state index in [-0.39, 0.29) is 24.1 Å². The van der Waals surface area contributed by atoms with Crippen LogP contribution in [0.4, 0.5) is 8.78 Å². The maximum atomic E-state index is 15.2. The highest BCUT2D eigenvalue weighted by Crippen LogP contribution is 2.41. The Morgan fingerprint density at radius 1 is 1.25 bits per heavy atom. The Labute approximate surface area is 208 Å². The largest absolute Gasteiger partial charge is 0.394 e. The van der Waals surface area contributed by atoms with Gasteiger partial charge in [0.1, 0.15) is 0 Å². The Balaban J connectivity index is 1.29. The van der Waals surface area contributed by atoms with E-state index in [1.165, 1.54) is 6.07 Å². The predicted molar refractivity (Wildman–Crippen MR) is 134 cm³/mol. The fourth-order valence-electron chi connectivity index (χ4n) is 5.93. The fourth-order valence-corrected chi connectivity index (χ4v) is 5.93. The highest BCUT2D eigenvalue weighted by atomic mass is 19.2. The molecule has 0 saturated carbocycles. The topological polar surface area (TPSA) is 71.4 Å². The van der Waals surface area contributed by atoms with Crippen LogP contribution in [0.3, 0.4) is 0 Å². The maximum absolute atomic E-state index is 15.2. The molecule has 0 unspecified atom stereocenters. The molecule has 188 valence electrons. The number of hydrogen-bond acceptors (Lipinski definition) is 6. The monoisotopic (exact) mass is 493 g/mol. The quantitative estimate of drug-likeness (QED) is 0.675. The number of fused-ring (bicyclic) bond motifs is 2. The number of hydrazone groups is 1. The van der Waals surface area contributed by atoms with E-state index in [1.807, 2.05) is 18.1 Å². The number of nitrogens with zero attached hydrogens (tertiary/aromatic N) is 4. The molecule has 1 atom stereocenters. The molecule has 5 aliphatic rings. The average molecular weight is 494 g/mol. The molecule has 6 rings (SSSR count). The number of nitrogens with one attached hydrogen (secondary N) is 1. The van der Waals surface area contributed by atoms with E-state index in [2.05, 4.69) is 21.5 Å². The summed E-state index contributed by atoms with van der Waals surface area (Å²) >= 11 is 0. The molecule has 4 heterocycles. The second-order valence-corrected chi connectivity index (χ2v) is 10.0. The normalized spacial score (nSPS) is 23.1. The molecular formula is C27H29F2N5O2. The first-order chi connectivity index (χ1) is 17.4. The molecule has 1 aromatic carbocycles. The van der Waals surface area contributed by atoms with Gasteiger partial charge in [-0.2, -0.15) is 5.10 Å². The average Bonchev–Trinajstić information content (AvgIpc) is 3.47. The van der Waals surface area contributed by atoms with Crippen molar-refractivity contribution in [2.75, 3.05) is 46.4 Å². The molecule has 1 aromatic rings. The van der Waals surface area contributed by atoms with Gasteiger partial charge in [-0.15, -0.1) is 0 Å². The molecule has 0 radical (unpaired) electrons. The van der Waals surface area contributed by atoms with Gasteiger partial charge in [-0.05, 0) is 42.5 Å². The van der Waals surface area contributed by atoms with Crippen molar-refractivity contribution in [2.24, 2.45) is 5.10 Å². The van der Waals surface area contributed by atoms with Crippen LogP contribution in [-0.2, 0) is 4.79 Å². The lowest BCUT2D eigenvalue weighted by atomic mass is 9.87. The van der Waals surface area contributed by atoms with Crippen LogP contribution < -0.4 is 5.43 Å². The number of amides is 1. The number of carbonyl (C=O) groups excluding carboxylic acids is 1. The van der Waals surface area contributed by atoms with Crippen LogP contribution in [0.25, 0.3) is 11.6 Å². The van der Waals surface area contributed by atoms with Gasteiger partial charge in [0.05, 0.1) is 30.6 Å². The van der Waals surface area contributed by atoms with Crippen molar-refractivity contribution in [3.63, 3.8) is 0 Å². The van der Waals surface area contributed by atoms with E-state index in [1.54, 1.807) is 17.1 Å². The first kappa shape index (κ1) is 23.1. The van der Waals surface area contributed by atoms with E-state index in [0.717, 1.165) is 37.0 Å². The molecule has 36 heavy (non-hydrogen) atoms. The first-order valence-electron chi connectivity index (χ1n) is 12.5. The second-order valence-electron chi connectivity index (χ2n) is 10.0. The molecular weight excluding hydrogens is 464 g/mol. The molecule has 9 heteroatoms. The lowest BCUT2D eigenvalue weighted by Crippen LogP contribution is -2.45. The summed E-state index contributed by atoms with van der Waals surface area (Å²) in [6, 6.07) is 1.16. The van der Waals surface area contributed by atoms with Gasteiger partial charge in [-0.25, -0.2) is 8.78 Å². The summed E-state index contributed by atoms with van der Waals surface area (Å²) in [5, 5.41) is 14.1. The van der Waals surface area contributed by atoms with Gasteiger partial charge in [-0.1, -0.05) is 12.2 Å². The number of aliphatic hydroxyl groups is 1. The number of allylic oxidation sites excluding steroid dienone is 2. The Kier molecular flexibility index (Phi) is 5.76. The minimum atomic E-state index is -0.870. The Morgan fingerprint density at radius 2 is 2.11 bits per heavy atom. The van der Waals surface area contributed by atoms with Gasteiger partial charge in [0, 0.05) is 61.7 Å². The number of rotatable bonds is 4. The van der Waals surface area contributed by atoms with Crippen molar-refractivity contribution in [2.45, 2.75) is 25.3 Å². The molecule has 0 bridgehead atoms. The van der Waals surface area contributed by atoms with Gasteiger partial charge in [0.15, 0.2) is 11.6 Å². The van der Waals surface area contributed by atoms with Gasteiger partial charge in [0.25, 0.3) is 0 Å². The minimum Gasteiger partial charge on any atom is -0.394 e. The van der Waals surface area contributed by atoms with Crippen LogP contribution in [0.2, 0.25) is 0 Å². The van der Waals surface area contributed by atoms with E-state index < -0.39 is 11.6 Å². The van der Waals surface area contributed by atoms with Gasteiger partial charge < -0.3 is 14.9 Å². The molecule has 1 aliphatic carbocycles.